The molecule has 20 N–H and O–H groups in total. The molecule has 0 spiro atoms. The molecule has 82 heavy (non-hydrogen) atoms. The number of nitrogens with one attached hydrogen (secondary N) is 12. The number of aliphatic carboxylic acids is 1. The van der Waals surface area contributed by atoms with E-state index in [1.165, 1.54) is 38.1 Å². The van der Waals surface area contributed by atoms with Gasteiger partial charge in [-0.25, -0.2) is 0 Å². The predicted molar refractivity (Wildman–Crippen MR) is 303 cm³/mol. The van der Waals surface area contributed by atoms with Gasteiger partial charge in [-0.2, -0.15) is 0 Å². The van der Waals surface area contributed by atoms with Crippen molar-refractivity contribution in [1.29, 1.82) is 0 Å². The number of guanidine groups is 1. The fourth-order valence-corrected chi connectivity index (χ4v) is 10.3. The van der Waals surface area contributed by atoms with E-state index in [9.17, 15) is 67.7 Å². The Kier molecular flexibility index (Phi) is 30.3. The molecule has 3 rings (SSSR count). The molecule has 0 bridgehead atoms. The highest BCUT2D eigenvalue weighted by Crippen LogP contribution is 2.24. The predicted octanol–water partition coefficient (Wildman–Crippen LogP) is -5.34. The zero-order valence-electron chi connectivity index (χ0n) is 46.4. The maximum absolute atomic E-state index is 14.2. The van der Waals surface area contributed by atoms with Gasteiger partial charge < -0.3 is 91.2 Å². The number of nitrogens with two attached hydrogens (primary N) is 3. The minimum absolute atomic E-state index is 0.0349. The lowest BCUT2D eigenvalue weighted by molar-refractivity contribution is -0.141. The van der Waals surface area contributed by atoms with Crippen molar-refractivity contribution in [2.75, 3.05) is 50.8 Å². The van der Waals surface area contributed by atoms with Gasteiger partial charge in [0.25, 0.3) is 0 Å². The second-order valence-electron chi connectivity index (χ2n) is 19.6. The average molecular weight is 1190 g/mol. The van der Waals surface area contributed by atoms with Crippen LogP contribution >= 0.6 is 21.6 Å². The summed E-state index contributed by atoms with van der Waals surface area (Å²) in [7, 11) is 1.95. The maximum atomic E-state index is 14.2. The van der Waals surface area contributed by atoms with Crippen LogP contribution in [0.25, 0.3) is 0 Å². The number of hydrogen-bond acceptors (Lipinski definition) is 18. The first-order valence-electron chi connectivity index (χ1n) is 26.9. The first-order chi connectivity index (χ1) is 38.9. The monoisotopic (exact) mass is 1190 g/mol. The second kappa shape index (κ2) is 36.1. The van der Waals surface area contributed by atoms with Crippen LogP contribution in [0, 0.1) is 5.92 Å². The van der Waals surface area contributed by atoms with E-state index in [1.807, 2.05) is 0 Å². The lowest BCUT2D eigenvalue weighted by atomic mass is 9.97. The first kappa shape index (κ1) is 68.8. The standard InChI is InChI=1S/C50H80N16O14S2/c1-5-26(2)40-48(78)58-23-39(70)61-34(20-29-13-15-30(67)16-14-29)42(72)57-21-37(68)56-22-38(69)62-35(46(76)60-28(4)49(79)80)24-81-82-25-36(65-43(73)31-11-8-18-54-31)47(77)64-32(10-6-7-17-51)44(74)59-27(3)41(71)63-33(45(75)66-40)12-9-19-55-50(52)53/h13-16,26-28,31-36,40,54,67H,5-12,17-25,51H2,1-4H3,(H,56,68)(H,57,72)(H,58,78)(H,59,74)(H,60,76)(H,61,70)(H,62,69)(H,63,71)(H,64,77)(H,65,73)(H,66,75)(H,79,80)(H4,52,53,55)/t26-,27-,28-,31-,32-,33-,34-,35-,36-,40-/m0/s1. The molecule has 1 aromatic carbocycles. The van der Waals surface area contributed by atoms with E-state index in [4.69, 9.17) is 17.2 Å². The average Bonchev–Trinajstić information content (AvgIpc) is 4.02. The molecule has 32 heteroatoms. The molecule has 2 fully saturated rings. The molecule has 2 aliphatic heterocycles. The number of phenolic OH excluding ortho intramolecular Hbond substituents is 1. The van der Waals surface area contributed by atoms with Crippen LogP contribution in [-0.2, 0) is 64.0 Å². The van der Waals surface area contributed by atoms with Gasteiger partial charge in [-0.05, 0) is 95.5 Å². The van der Waals surface area contributed by atoms with Crippen LogP contribution in [0.15, 0.2) is 29.3 Å². The Balaban J connectivity index is 2.04. The maximum Gasteiger partial charge on any atom is 0.325 e. The van der Waals surface area contributed by atoms with E-state index in [-0.39, 0.29) is 62.0 Å². The zero-order chi connectivity index (χ0) is 60.9. The summed E-state index contributed by atoms with van der Waals surface area (Å²) in [6.45, 7) is 4.62. The van der Waals surface area contributed by atoms with Crippen LogP contribution < -0.4 is 81.0 Å². The molecule has 456 valence electrons. The number of carboxylic acids is 1. The van der Waals surface area contributed by atoms with Crippen molar-refractivity contribution in [3.8, 4) is 5.75 Å². The number of phenols is 1. The van der Waals surface area contributed by atoms with Gasteiger partial charge >= 0.3 is 5.97 Å². The number of carbonyl (C=O) groups is 12. The molecule has 0 saturated carbocycles. The van der Waals surface area contributed by atoms with E-state index in [0.717, 1.165) is 21.6 Å². The van der Waals surface area contributed by atoms with Gasteiger partial charge in [0, 0.05) is 24.5 Å². The third kappa shape index (κ3) is 25.1. The SMILES string of the molecule is CC[C@H](C)[C@@H]1NC(=O)[C@H](CCCN=C(N)N)NC(=O)[C@H](C)NC(=O)[C@H](CCCCN)NC(=O)[C@@H](NC(=O)[C@@H]2CCCN2)CSSC[C@@H](C(=O)N[C@@H](C)C(=O)O)NC(=O)CNC(=O)CNC(=O)[C@H](Cc2ccc(O)cc2)NC(=O)CNC1=O. The van der Waals surface area contributed by atoms with E-state index >= 15 is 0 Å². The van der Waals surface area contributed by atoms with Crippen molar-refractivity contribution in [1.82, 2.24) is 63.8 Å². The van der Waals surface area contributed by atoms with Crippen LogP contribution in [0.1, 0.15) is 84.6 Å². The van der Waals surface area contributed by atoms with Gasteiger partial charge in [0.2, 0.25) is 65.0 Å². The quantitative estimate of drug-likeness (QED) is 0.0300. The van der Waals surface area contributed by atoms with Gasteiger partial charge in [-0.3, -0.25) is 62.5 Å². The molecule has 2 aliphatic rings. The number of unbranched alkanes of at least 4 members (excludes halogenated alkanes) is 1. The number of carbonyl (C=O) groups excluding carboxylic acids is 11. The van der Waals surface area contributed by atoms with Crippen molar-refractivity contribution >= 4 is 98.5 Å². The Bertz CT molecular complexity index is 2410. The summed E-state index contributed by atoms with van der Waals surface area (Å²) < 4.78 is 0. The molecule has 1 aromatic rings. The summed E-state index contributed by atoms with van der Waals surface area (Å²) in [4.78, 5) is 166. The number of benzene rings is 1. The Hall–Kier alpha value is -7.45. The Labute approximate surface area is 482 Å². The molecule has 0 aromatic heterocycles. The Morgan fingerprint density at radius 1 is 0.695 bits per heavy atom. The molecule has 0 unspecified atom stereocenters. The largest absolute Gasteiger partial charge is 0.508 e. The van der Waals surface area contributed by atoms with Crippen molar-refractivity contribution < 1.29 is 67.7 Å². The number of carboxylic acid groups (broad SMARTS) is 1. The normalized spacial score (nSPS) is 24.7. The molecule has 30 nitrogen and oxygen atoms in total. The number of amides is 11. The molecule has 10 atom stereocenters. The summed E-state index contributed by atoms with van der Waals surface area (Å²) >= 11 is 0. The first-order valence-corrected chi connectivity index (χ1v) is 29.4. The molecule has 2 heterocycles. The summed E-state index contributed by atoms with van der Waals surface area (Å²) in [6.07, 6.45) is 2.24. The Morgan fingerprint density at radius 3 is 1.94 bits per heavy atom. The van der Waals surface area contributed by atoms with E-state index in [1.54, 1.807) is 13.8 Å². The molecule has 2 saturated heterocycles. The Morgan fingerprint density at radius 2 is 1.30 bits per heavy atom. The molecule has 11 amide bonds. The van der Waals surface area contributed by atoms with Gasteiger partial charge in [0.15, 0.2) is 5.96 Å². The van der Waals surface area contributed by atoms with Crippen molar-refractivity contribution in [3.63, 3.8) is 0 Å². The van der Waals surface area contributed by atoms with Gasteiger partial charge in [0.1, 0.15) is 54.1 Å². The number of rotatable bonds is 17. The van der Waals surface area contributed by atoms with Crippen molar-refractivity contribution in [3.05, 3.63) is 29.8 Å². The van der Waals surface area contributed by atoms with Crippen molar-refractivity contribution in [2.24, 2.45) is 28.1 Å². The number of aliphatic imine (C=N–C) groups is 1. The van der Waals surface area contributed by atoms with E-state index in [2.05, 4.69) is 68.8 Å². The molecular formula is C50H80N16O14S2. The highest BCUT2D eigenvalue weighted by atomic mass is 33.1. The van der Waals surface area contributed by atoms with Crippen LogP contribution in [0.2, 0.25) is 0 Å². The highest BCUT2D eigenvalue weighted by molar-refractivity contribution is 8.76. The second-order valence-corrected chi connectivity index (χ2v) is 22.2. The van der Waals surface area contributed by atoms with Crippen LogP contribution in [0.5, 0.6) is 5.75 Å². The molecule has 0 aliphatic carbocycles. The molecular weight excluding hydrogens is 1110 g/mol. The number of aromatic hydroxyl groups is 1. The summed E-state index contributed by atoms with van der Waals surface area (Å²) in [5, 5.41) is 50.0. The van der Waals surface area contributed by atoms with Crippen molar-refractivity contribution in [2.45, 2.75) is 140 Å². The minimum atomic E-state index is -1.43. The van der Waals surface area contributed by atoms with E-state index in [0.29, 0.717) is 44.2 Å². The van der Waals surface area contributed by atoms with Gasteiger partial charge in [-0.15, -0.1) is 0 Å². The zero-order valence-corrected chi connectivity index (χ0v) is 48.0. The fraction of sp³-hybridized carbons (Fsp3) is 0.620. The van der Waals surface area contributed by atoms with Crippen LogP contribution in [0.3, 0.4) is 0 Å². The topological polar surface area (TPSA) is 480 Å². The van der Waals surface area contributed by atoms with Gasteiger partial charge in [-0.1, -0.05) is 54.0 Å². The van der Waals surface area contributed by atoms with Gasteiger partial charge in [0.05, 0.1) is 25.7 Å². The van der Waals surface area contributed by atoms with Crippen LogP contribution in [0.4, 0.5) is 0 Å². The summed E-state index contributed by atoms with van der Waals surface area (Å²) in [5.41, 5.74) is 17.2. The molecule has 0 radical (unpaired) electrons. The smallest absolute Gasteiger partial charge is 0.325 e. The number of hydrogen-bond donors (Lipinski definition) is 17. The summed E-state index contributed by atoms with van der Waals surface area (Å²) in [6, 6.07) is -5.75. The number of nitrogens with zero attached hydrogens (tertiary/aromatic N) is 1. The third-order valence-corrected chi connectivity index (χ3v) is 15.4. The fourth-order valence-electron chi connectivity index (χ4n) is 7.97. The third-order valence-electron chi connectivity index (χ3n) is 13.0. The lowest BCUT2D eigenvalue weighted by Crippen LogP contribution is -2.60. The minimum Gasteiger partial charge on any atom is -0.508 e. The van der Waals surface area contributed by atoms with E-state index < -0.39 is 151 Å². The lowest BCUT2D eigenvalue weighted by Gasteiger charge is -2.28. The highest BCUT2D eigenvalue weighted by Gasteiger charge is 2.35. The summed E-state index contributed by atoms with van der Waals surface area (Å²) in [5.74, 6) is -11.7. The van der Waals surface area contributed by atoms with Crippen LogP contribution in [-0.4, -0.2) is 192 Å².